The van der Waals surface area contributed by atoms with E-state index >= 15 is 0 Å². The van der Waals surface area contributed by atoms with Crippen LogP contribution in [0, 0.1) is 28.6 Å². The summed E-state index contributed by atoms with van der Waals surface area (Å²) < 4.78 is 0. The van der Waals surface area contributed by atoms with E-state index in [-0.39, 0.29) is 18.0 Å². The lowest BCUT2D eigenvalue weighted by atomic mass is 9.78. The first kappa shape index (κ1) is 12.7. The zero-order valence-corrected chi connectivity index (χ0v) is 11.9. The predicted octanol–water partition coefficient (Wildman–Crippen LogP) is 2.11. The highest BCUT2D eigenvalue weighted by Gasteiger charge is 2.40. The standard InChI is InChI=1S/C18H14N4/c19-9-13-11-5-1-3-7-15(11)21-18-14(10-20)12-6-2-4-8-16(12)22-17(13)18/h1-5,7-8,12,15,17,21-22H,6H2. The maximum Gasteiger partial charge on any atom is 0.103 e. The summed E-state index contributed by atoms with van der Waals surface area (Å²) in [4.78, 5) is 0. The van der Waals surface area contributed by atoms with Crippen molar-refractivity contribution < 1.29 is 0 Å². The molecule has 2 aliphatic carbocycles. The molecule has 0 aromatic rings. The third-order valence-corrected chi connectivity index (χ3v) is 4.57. The molecule has 4 heteroatoms. The van der Waals surface area contributed by atoms with Crippen LogP contribution in [-0.2, 0) is 0 Å². The number of fused-ring (bicyclic) bond motifs is 3. The van der Waals surface area contributed by atoms with Crippen LogP contribution in [0.3, 0.4) is 0 Å². The zero-order chi connectivity index (χ0) is 15.1. The van der Waals surface area contributed by atoms with Crippen molar-refractivity contribution in [1.82, 2.24) is 10.6 Å². The molecular formula is C18H14N4. The molecule has 0 saturated carbocycles. The molecule has 0 spiro atoms. The Morgan fingerprint density at radius 3 is 2.73 bits per heavy atom. The number of nitrogens with one attached hydrogen (secondary N) is 2. The predicted molar refractivity (Wildman–Crippen MR) is 82.7 cm³/mol. The lowest BCUT2D eigenvalue weighted by molar-refractivity contribution is 0.506. The first-order valence-electron chi connectivity index (χ1n) is 7.36. The van der Waals surface area contributed by atoms with Crippen molar-refractivity contribution in [3.63, 3.8) is 0 Å². The van der Waals surface area contributed by atoms with Gasteiger partial charge in [0, 0.05) is 11.6 Å². The van der Waals surface area contributed by atoms with E-state index < -0.39 is 0 Å². The Hall–Kier alpha value is -2.98. The fourth-order valence-corrected chi connectivity index (χ4v) is 3.54. The minimum Gasteiger partial charge on any atom is -0.375 e. The third kappa shape index (κ3) is 1.68. The van der Waals surface area contributed by atoms with Gasteiger partial charge in [-0.1, -0.05) is 36.5 Å². The Kier molecular flexibility index (Phi) is 2.77. The molecule has 4 rings (SSSR count). The zero-order valence-electron chi connectivity index (χ0n) is 11.9. The second-order valence-corrected chi connectivity index (χ2v) is 5.70. The van der Waals surface area contributed by atoms with Gasteiger partial charge in [-0.05, 0) is 18.1 Å². The van der Waals surface area contributed by atoms with Crippen molar-refractivity contribution in [2.75, 3.05) is 0 Å². The normalized spacial score (nSPS) is 31.0. The first-order valence-corrected chi connectivity index (χ1v) is 7.36. The van der Waals surface area contributed by atoms with Crippen molar-refractivity contribution in [2.45, 2.75) is 18.5 Å². The Labute approximate surface area is 129 Å². The highest BCUT2D eigenvalue weighted by Crippen LogP contribution is 2.38. The summed E-state index contributed by atoms with van der Waals surface area (Å²) in [5.41, 5.74) is 4.30. The van der Waals surface area contributed by atoms with E-state index in [0.29, 0.717) is 5.57 Å². The Balaban J connectivity index is 1.91. The van der Waals surface area contributed by atoms with Crippen molar-refractivity contribution >= 4 is 0 Å². The number of nitriles is 2. The van der Waals surface area contributed by atoms with E-state index in [1.54, 1.807) is 0 Å². The molecule has 0 amide bonds. The molecule has 0 bridgehead atoms. The largest absolute Gasteiger partial charge is 0.375 e. The van der Waals surface area contributed by atoms with Crippen molar-refractivity contribution in [1.29, 1.82) is 10.5 Å². The minimum absolute atomic E-state index is 0.0271. The number of hydrogen-bond donors (Lipinski definition) is 2. The van der Waals surface area contributed by atoms with Gasteiger partial charge in [0.1, 0.15) is 6.04 Å². The molecule has 0 aromatic carbocycles. The second-order valence-electron chi connectivity index (χ2n) is 5.70. The van der Waals surface area contributed by atoms with Gasteiger partial charge in [0.25, 0.3) is 0 Å². The van der Waals surface area contributed by atoms with Crippen LogP contribution in [0.15, 0.2) is 70.6 Å². The molecule has 0 fully saturated rings. The summed E-state index contributed by atoms with van der Waals surface area (Å²) in [6.45, 7) is 0. The Bertz CT molecular complexity index is 805. The molecule has 0 radical (unpaired) electrons. The van der Waals surface area contributed by atoms with E-state index in [1.165, 1.54) is 0 Å². The summed E-state index contributed by atoms with van der Waals surface area (Å²) in [5.74, 6) is 0.0679. The van der Waals surface area contributed by atoms with Gasteiger partial charge in [0.2, 0.25) is 0 Å². The lowest BCUT2D eigenvalue weighted by Crippen LogP contribution is -2.51. The molecule has 0 aromatic heterocycles. The molecule has 0 saturated heterocycles. The van der Waals surface area contributed by atoms with Crippen LogP contribution in [0.4, 0.5) is 0 Å². The maximum atomic E-state index is 9.67. The Morgan fingerprint density at radius 2 is 1.91 bits per heavy atom. The Morgan fingerprint density at radius 1 is 1.05 bits per heavy atom. The fraction of sp³-hybridized carbons (Fsp3) is 0.222. The average Bonchev–Trinajstić information content (AvgIpc) is 2.57. The second kappa shape index (κ2) is 4.79. The average molecular weight is 286 g/mol. The van der Waals surface area contributed by atoms with Crippen LogP contribution in [0.25, 0.3) is 0 Å². The summed E-state index contributed by atoms with van der Waals surface area (Å²) in [5, 5.41) is 26.2. The lowest BCUT2D eigenvalue weighted by Gasteiger charge is -2.41. The van der Waals surface area contributed by atoms with E-state index in [9.17, 15) is 10.5 Å². The topological polar surface area (TPSA) is 71.6 Å². The number of allylic oxidation sites excluding steroid dienone is 6. The quantitative estimate of drug-likeness (QED) is 0.715. The van der Waals surface area contributed by atoms with Crippen LogP contribution in [0.5, 0.6) is 0 Å². The molecule has 4 aliphatic rings. The van der Waals surface area contributed by atoms with E-state index in [0.717, 1.165) is 29.0 Å². The molecule has 2 N–H and O–H groups in total. The van der Waals surface area contributed by atoms with Gasteiger partial charge in [-0.15, -0.1) is 0 Å². The highest BCUT2D eigenvalue weighted by atomic mass is 15.1. The molecule has 106 valence electrons. The molecule has 22 heavy (non-hydrogen) atoms. The minimum atomic E-state index is -0.254. The number of nitrogens with zero attached hydrogens (tertiary/aromatic N) is 2. The number of hydrogen-bond acceptors (Lipinski definition) is 4. The monoisotopic (exact) mass is 286 g/mol. The summed E-state index contributed by atoms with van der Waals surface area (Å²) in [6, 6.07) is 4.44. The van der Waals surface area contributed by atoms with Crippen LogP contribution < -0.4 is 10.6 Å². The van der Waals surface area contributed by atoms with Crippen LogP contribution in [0.2, 0.25) is 0 Å². The molecule has 3 atom stereocenters. The summed E-state index contributed by atoms with van der Waals surface area (Å²) >= 11 is 0. The van der Waals surface area contributed by atoms with Gasteiger partial charge < -0.3 is 10.6 Å². The molecule has 2 heterocycles. The highest BCUT2D eigenvalue weighted by molar-refractivity contribution is 5.58. The summed E-state index contributed by atoms with van der Waals surface area (Å²) in [7, 11) is 0. The van der Waals surface area contributed by atoms with Crippen molar-refractivity contribution in [3.8, 4) is 12.1 Å². The van der Waals surface area contributed by atoms with E-state index in [4.69, 9.17) is 0 Å². The summed E-state index contributed by atoms with van der Waals surface area (Å²) in [6.07, 6.45) is 14.8. The van der Waals surface area contributed by atoms with Crippen molar-refractivity contribution in [3.05, 3.63) is 70.6 Å². The van der Waals surface area contributed by atoms with Gasteiger partial charge in [-0.2, -0.15) is 10.5 Å². The number of rotatable bonds is 0. The van der Waals surface area contributed by atoms with Gasteiger partial charge >= 0.3 is 0 Å². The van der Waals surface area contributed by atoms with Crippen LogP contribution in [0.1, 0.15) is 6.42 Å². The van der Waals surface area contributed by atoms with Crippen LogP contribution >= 0.6 is 0 Å². The molecular weight excluding hydrogens is 272 g/mol. The van der Waals surface area contributed by atoms with Gasteiger partial charge in [0.15, 0.2) is 0 Å². The van der Waals surface area contributed by atoms with Gasteiger partial charge in [-0.3, -0.25) is 0 Å². The fourth-order valence-electron chi connectivity index (χ4n) is 3.54. The molecule has 2 aliphatic heterocycles. The smallest absolute Gasteiger partial charge is 0.103 e. The van der Waals surface area contributed by atoms with Crippen molar-refractivity contribution in [2.24, 2.45) is 5.92 Å². The first-order chi connectivity index (χ1) is 10.8. The van der Waals surface area contributed by atoms with E-state index in [2.05, 4.69) is 28.8 Å². The van der Waals surface area contributed by atoms with Crippen LogP contribution in [-0.4, -0.2) is 12.1 Å². The van der Waals surface area contributed by atoms with Gasteiger partial charge in [0.05, 0.1) is 35.0 Å². The molecule has 3 unspecified atom stereocenters. The van der Waals surface area contributed by atoms with E-state index in [1.807, 2.05) is 36.5 Å². The maximum absolute atomic E-state index is 9.67. The SMILES string of the molecule is N#CC1=C2NC3C=CC=CC3=C(C#N)C2NC2=CC=CCC21. The third-order valence-electron chi connectivity index (χ3n) is 4.57. The van der Waals surface area contributed by atoms with Gasteiger partial charge in [-0.25, -0.2) is 0 Å². The molecule has 4 nitrogen and oxygen atoms in total.